The van der Waals surface area contributed by atoms with Gasteiger partial charge in [0, 0.05) is 29.4 Å². The lowest BCUT2D eigenvalue weighted by atomic mass is 10.0. The number of nitrogen functional groups attached to an aromatic ring is 1. The first-order valence-electron chi connectivity index (χ1n) is 14.3. The number of nitrogens with one attached hydrogen (secondary N) is 2. The molecule has 0 bridgehead atoms. The Kier molecular flexibility index (Phi) is 9.77. The number of carbonyl (C=O) groups excluding carboxylic acids is 4. The molecule has 1 saturated heterocycles. The molecular formula is C30H27N7O11S2. The Labute approximate surface area is 289 Å². The number of hydrogen-bond acceptors (Lipinski definition) is 15. The molecule has 18 nitrogen and oxygen atoms in total. The van der Waals surface area contributed by atoms with Gasteiger partial charge in [-0.2, -0.15) is 0 Å². The molecule has 20 heteroatoms. The Bertz CT molecular complexity index is 2010. The molecule has 5 rings (SSSR count). The van der Waals surface area contributed by atoms with Gasteiger partial charge in [0.1, 0.15) is 28.5 Å². The van der Waals surface area contributed by atoms with E-state index in [2.05, 4.69) is 25.8 Å². The number of nitrogens with zero attached hydrogens (tertiary/aromatic N) is 4. The molecule has 0 aliphatic carbocycles. The van der Waals surface area contributed by atoms with E-state index in [1.807, 2.05) is 0 Å². The Morgan fingerprint density at radius 2 is 1.88 bits per heavy atom. The van der Waals surface area contributed by atoms with E-state index in [4.69, 9.17) is 10.6 Å². The number of ketones is 1. The third-order valence-corrected chi connectivity index (χ3v) is 9.38. The molecule has 3 aromatic rings. The van der Waals surface area contributed by atoms with Crippen molar-refractivity contribution in [3.63, 3.8) is 0 Å². The lowest BCUT2D eigenvalue weighted by molar-refractivity contribution is -0.161. The predicted octanol–water partition coefficient (Wildman–Crippen LogP) is 0.515. The number of β-lactam (4-membered cyclic amide) rings is 1. The molecule has 1 unspecified atom stereocenters. The van der Waals surface area contributed by atoms with Crippen molar-refractivity contribution in [2.24, 2.45) is 5.16 Å². The molecule has 260 valence electrons. The largest absolute Gasteiger partial charge is 0.504 e. The van der Waals surface area contributed by atoms with Gasteiger partial charge in [0.25, 0.3) is 17.7 Å². The van der Waals surface area contributed by atoms with Gasteiger partial charge in [0.15, 0.2) is 22.3 Å². The first-order valence-corrected chi connectivity index (χ1v) is 16.2. The molecule has 0 saturated carbocycles. The van der Waals surface area contributed by atoms with E-state index < -0.39 is 75.4 Å². The summed E-state index contributed by atoms with van der Waals surface area (Å²) in [6.07, 6.45) is 1.28. The third kappa shape index (κ3) is 6.91. The van der Waals surface area contributed by atoms with E-state index in [-0.39, 0.29) is 45.5 Å². The second-order valence-electron chi connectivity index (χ2n) is 11.2. The summed E-state index contributed by atoms with van der Waals surface area (Å²) in [5, 5.41) is 48.1. The van der Waals surface area contributed by atoms with Crippen LogP contribution in [-0.4, -0.2) is 106 Å². The zero-order valence-electron chi connectivity index (χ0n) is 25.9. The molecule has 2 aromatic heterocycles. The minimum atomic E-state index is -1.83. The van der Waals surface area contributed by atoms with Crippen molar-refractivity contribution < 1.29 is 54.0 Å². The summed E-state index contributed by atoms with van der Waals surface area (Å²) < 4.78 is 0. The van der Waals surface area contributed by atoms with Crippen molar-refractivity contribution in [2.45, 2.75) is 30.9 Å². The Morgan fingerprint density at radius 3 is 2.52 bits per heavy atom. The molecule has 50 heavy (non-hydrogen) atoms. The number of phenolic OH excluding ortho intramolecular Hbond substituents is 2. The highest BCUT2D eigenvalue weighted by Crippen LogP contribution is 2.40. The quantitative estimate of drug-likeness (QED) is 0.0440. The number of thioether (sulfide) groups is 1. The van der Waals surface area contributed by atoms with Crippen molar-refractivity contribution >= 4 is 69.4 Å². The van der Waals surface area contributed by atoms with Gasteiger partial charge in [0.2, 0.25) is 11.4 Å². The van der Waals surface area contributed by atoms with E-state index in [0.29, 0.717) is 0 Å². The fraction of sp³-hybridized carbons (Fsp3) is 0.233. The van der Waals surface area contributed by atoms with Crippen molar-refractivity contribution in [3.8, 4) is 11.5 Å². The fourth-order valence-electron chi connectivity index (χ4n) is 4.68. The number of amides is 3. The predicted molar refractivity (Wildman–Crippen MR) is 175 cm³/mol. The van der Waals surface area contributed by atoms with Gasteiger partial charge in [0.05, 0.1) is 5.56 Å². The molecular weight excluding hydrogens is 699 g/mol. The summed E-state index contributed by atoms with van der Waals surface area (Å²) in [5.74, 6) is -7.06. The van der Waals surface area contributed by atoms with Crippen molar-refractivity contribution in [1.29, 1.82) is 0 Å². The van der Waals surface area contributed by atoms with Gasteiger partial charge in [-0.15, -0.1) is 23.1 Å². The van der Waals surface area contributed by atoms with E-state index in [9.17, 15) is 49.2 Å². The number of oxime groups is 1. The molecule has 2 aliphatic rings. The maximum atomic E-state index is 13.3. The molecule has 3 amide bonds. The summed E-state index contributed by atoms with van der Waals surface area (Å²) in [7, 11) is 0. The van der Waals surface area contributed by atoms with Crippen LogP contribution in [0.2, 0.25) is 0 Å². The minimum absolute atomic E-state index is 0.0216. The number of aromatic hydroxyl groups is 2. The summed E-state index contributed by atoms with van der Waals surface area (Å²) >= 11 is 2.08. The van der Waals surface area contributed by atoms with Gasteiger partial charge in [-0.3, -0.25) is 29.1 Å². The topological polar surface area (TPSA) is 284 Å². The number of anilines is 1. The maximum Gasteiger partial charge on any atom is 0.352 e. The Balaban J connectivity index is 1.31. The summed E-state index contributed by atoms with van der Waals surface area (Å²) in [5.41, 5.74) is 2.63. The van der Waals surface area contributed by atoms with Crippen LogP contribution in [0.4, 0.5) is 5.13 Å². The maximum absolute atomic E-state index is 13.3. The minimum Gasteiger partial charge on any atom is -0.504 e. The smallest absolute Gasteiger partial charge is 0.352 e. The van der Waals surface area contributed by atoms with Crippen LogP contribution in [0.5, 0.6) is 11.5 Å². The van der Waals surface area contributed by atoms with Gasteiger partial charge < -0.3 is 41.6 Å². The summed E-state index contributed by atoms with van der Waals surface area (Å²) in [6, 6.07) is 4.89. The standard InChI is InChI=1S/C30H27N7O11S2/c1-30(2,28(46)47)48-36-19(15-11-50-29(31)34-15)24(42)35-20-25(43)37-21(27(44)45)13(10-49-26(20)37)9-33-23(41)14-4-3-7-32-18(14)22(40)12-5-6-16(38)17(39)8-12/h3-8,11,20,26,38-39H,9-10H2,1-2H3,(H2,31,34)(H,33,41)(H,35,42)(H,44,45)(H,46,47)/b36-19-/t20?,26-/m0/s1. The highest BCUT2D eigenvalue weighted by atomic mass is 32.2. The number of phenols is 2. The van der Waals surface area contributed by atoms with E-state index >= 15 is 0 Å². The normalized spacial score (nSPS) is 17.4. The van der Waals surface area contributed by atoms with Crippen LogP contribution < -0.4 is 16.4 Å². The highest BCUT2D eigenvalue weighted by Gasteiger charge is 2.54. The lowest BCUT2D eigenvalue weighted by Gasteiger charge is -2.49. The molecule has 0 radical (unpaired) electrons. The lowest BCUT2D eigenvalue weighted by Crippen LogP contribution is -2.71. The van der Waals surface area contributed by atoms with Crippen LogP contribution in [0, 0.1) is 0 Å². The fourth-order valence-corrected chi connectivity index (χ4v) is 6.58. The first kappa shape index (κ1) is 35.3. The average Bonchev–Trinajstić information content (AvgIpc) is 3.51. The highest BCUT2D eigenvalue weighted by molar-refractivity contribution is 8.00. The number of pyridine rings is 1. The number of fused-ring (bicyclic) bond motifs is 1. The van der Waals surface area contributed by atoms with Crippen LogP contribution in [0.15, 0.2) is 58.3 Å². The number of aromatic nitrogens is 2. The number of carboxylic acids is 2. The average molecular weight is 726 g/mol. The number of thiazole rings is 1. The number of rotatable bonds is 12. The zero-order valence-corrected chi connectivity index (χ0v) is 27.6. The van der Waals surface area contributed by atoms with Crippen LogP contribution in [0.1, 0.15) is 46.0 Å². The van der Waals surface area contributed by atoms with Crippen molar-refractivity contribution in [3.05, 3.63) is 75.7 Å². The molecule has 4 heterocycles. The van der Waals surface area contributed by atoms with Crippen molar-refractivity contribution in [2.75, 3.05) is 18.0 Å². The van der Waals surface area contributed by atoms with Crippen molar-refractivity contribution in [1.82, 2.24) is 25.5 Å². The number of aliphatic carboxylic acids is 2. The summed E-state index contributed by atoms with van der Waals surface area (Å²) in [6.45, 7) is 2.08. The van der Waals surface area contributed by atoms with Crippen LogP contribution in [0.25, 0.3) is 0 Å². The number of nitrogens with two attached hydrogens (primary N) is 1. The SMILES string of the molecule is CC(C)(O/N=C(\C(=O)NC1C(=O)N2C(C(=O)O)=C(CNC(=O)c3cccnc3C(=O)c3ccc(O)c(O)c3)CS[C@@H]12)c1csc(N)n1)C(=O)O. The van der Waals surface area contributed by atoms with Crippen LogP contribution >= 0.6 is 23.1 Å². The van der Waals surface area contributed by atoms with Gasteiger partial charge >= 0.3 is 11.9 Å². The molecule has 2 atom stereocenters. The number of carbonyl (C=O) groups is 6. The molecule has 8 N–H and O–H groups in total. The molecule has 2 aliphatic heterocycles. The number of carboxylic acid groups (broad SMARTS) is 2. The second kappa shape index (κ2) is 13.8. The summed E-state index contributed by atoms with van der Waals surface area (Å²) in [4.78, 5) is 90.8. The molecule has 1 aromatic carbocycles. The van der Waals surface area contributed by atoms with E-state index in [1.165, 1.54) is 43.6 Å². The van der Waals surface area contributed by atoms with Crippen LogP contribution in [0.3, 0.4) is 0 Å². The Hall–Kier alpha value is -6.02. The second-order valence-corrected chi connectivity index (χ2v) is 13.1. The third-order valence-electron chi connectivity index (χ3n) is 7.36. The van der Waals surface area contributed by atoms with Crippen LogP contribution in [-0.2, 0) is 24.0 Å². The molecule has 0 spiro atoms. The Morgan fingerprint density at radius 1 is 1.14 bits per heavy atom. The number of benzene rings is 1. The number of hydrogen-bond donors (Lipinski definition) is 7. The van der Waals surface area contributed by atoms with E-state index in [0.717, 1.165) is 40.1 Å². The van der Waals surface area contributed by atoms with Gasteiger partial charge in [-0.05, 0) is 49.8 Å². The van der Waals surface area contributed by atoms with Gasteiger partial charge in [-0.1, -0.05) is 5.16 Å². The first-order chi connectivity index (χ1) is 23.6. The zero-order chi connectivity index (χ0) is 36.5. The van der Waals surface area contributed by atoms with Gasteiger partial charge in [-0.25, -0.2) is 14.6 Å². The molecule has 1 fully saturated rings. The van der Waals surface area contributed by atoms with E-state index in [1.54, 1.807) is 0 Å². The monoisotopic (exact) mass is 725 g/mol.